The van der Waals surface area contributed by atoms with Crippen molar-refractivity contribution in [2.75, 3.05) is 5.32 Å². The first kappa shape index (κ1) is 11.5. The second-order valence-electron chi connectivity index (χ2n) is 3.46. The molecular weight excluding hydrogens is 191 g/mol. The van der Waals surface area contributed by atoms with Gasteiger partial charge in [-0.05, 0) is 31.0 Å². The minimum Gasteiger partial charge on any atom is -0.382 e. The molecule has 80 valence electrons. The van der Waals surface area contributed by atoms with Gasteiger partial charge in [-0.3, -0.25) is 0 Å². The number of rotatable bonds is 4. The first-order valence-electron chi connectivity index (χ1n) is 5.17. The second-order valence-corrected chi connectivity index (χ2v) is 3.46. The predicted octanol–water partition coefficient (Wildman–Crippen LogP) is 3.30. The van der Waals surface area contributed by atoms with Crippen LogP contribution >= 0.6 is 0 Å². The summed E-state index contributed by atoms with van der Waals surface area (Å²) in [4.78, 5) is 0. The Labute approximate surface area is 89.7 Å². The van der Waals surface area contributed by atoms with Gasteiger partial charge in [0.05, 0.1) is 5.56 Å². The number of hydrogen-bond acceptors (Lipinski definition) is 2. The maximum absolute atomic E-state index is 13.0. The molecule has 0 aliphatic heterocycles. The summed E-state index contributed by atoms with van der Waals surface area (Å²) in [6.07, 6.45) is 2.02. The quantitative estimate of drug-likeness (QED) is 0.820. The van der Waals surface area contributed by atoms with E-state index in [1.165, 1.54) is 6.07 Å². The fourth-order valence-electron chi connectivity index (χ4n) is 1.43. The van der Waals surface area contributed by atoms with Crippen molar-refractivity contribution < 1.29 is 4.39 Å². The Morgan fingerprint density at radius 2 is 2.07 bits per heavy atom. The van der Waals surface area contributed by atoms with Crippen LogP contribution in [0.15, 0.2) is 18.2 Å². The minimum atomic E-state index is -0.465. The average Bonchev–Trinajstić information content (AvgIpc) is 2.28. The third kappa shape index (κ3) is 2.95. The van der Waals surface area contributed by atoms with Gasteiger partial charge in [0.15, 0.2) is 0 Å². The van der Waals surface area contributed by atoms with Crippen LogP contribution in [-0.4, -0.2) is 6.04 Å². The van der Waals surface area contributed by atoms with E-state index < -0.39 is 5.82 Å². The lowest BCUT2D eigenvalue weighted by Crippen LogP contribution is -2.16. The van der Waals surface area contributed by atoms with Crippen molar-refractivity contribution in [3.63, 3.8) is 0 Å². The first-order chi connectivity index (χ1) is 7.21. The van der Waals surface area contributed by atoms with E-state index in [0.29, 0.717) is 6.04 Å². The van der Waals surface area contributed by atoms with Gasteiger partial charge in [-0.2, -0.15) is 5.26 Å². The smallest absolute Gasteiger partial charge is 0.141 e. The topological polar surface area (TPSA) is 35.8 Å². The van der Waals surface area contributed by atoms with Crippen molar-refractivity contribution in [3.8, 4) is 6.07 Å². The number of nitriles is 1. The number of hydrogen-bond donors (Lipinski definition) is 1. The van der Waals surface area contributed by atoms with E-state index in [4.69, 9.17) is 5.26 Å². The Balaban J connectivity index is 2.83. The number of anilines is 1. The molecule has 0 radical (unpaired) electrons. The van der Waals surface area contributed by atoms with Crippen LogP contribution in [-0.2, 0) is 0 Å². The van der Waals surface area contributed by atoms with Crippen LogP contribution in [0.25, 0.3) is 0 Å². The van der Waals surface area contributed by atoms with Gasteiger partial charge >= 0.3 is 0 Å². The molecule has 0 amide bonds. The average molecular weight is 206 g/mol. The Morgan fingerprint density at radius 3 is 2.60 bits per heavy atom. The number of nitrogens with one attached hydrogen (secondary N) is 1. The first-order valence-corrected chi connectivity index (χ1v) is 5.17. The summed E-state index contributed by atoms with van der Waals surface area (Å²) in [6.45, 7) is 4.19. The van der Waals surface area contributed by atoms with Crippen molar-refractivity contribution in [2.24, 2.45) is 0 Å². The van der Waals surface area contributed by atoms with Crippen molar-refractivity contribution in [2.45, 2.75) is 32.7 Å². The molecule has 0 aliphatic carbocycles. The van der Waals surface area contributed by atoms with Gasteiger partial charge < -0.3 is 5.32 Å². The van der Waals surface area contributed by atoms with E-state index in [1.807, 2.05) is 6.07 Å². The molecule has 2 nitrogen and oxygen atoms in total. The molecule has 0 bridgehead atoms. The third-order valence-corrected chi connectivity index (χ3v) is 2.44. The third-order valence-electron chi connectivity index (χ3n) is 2.44. The van der Waals surface area contributed by atoms with E-state index in [1.54, 1.807) is 12.1 Å². The van der Waals surface area contributed by atoms with Gasteiger partial charge in [0.25, 0.3) is 0 Å². The molecule has 1 aromatic rings. The lowest BCUT2D eigenvalue weighted by atomic mass is 10.1. The molecule has 0 saturated carbocycles. The number of halogens is 1. The lowest BCUT2D eigenvalue weighted by molar-refractivity contribution is 0.623. The Kier molecular flexibility index (Phi) is 4.11. The molecule has 1 rings (SSSR count). The standard InChI is InChI=1S/C12H15FN2/c1-3-10(4-2)15-11-5-6-12(13)9(7-11)8-14/h5-7,10,15H,3-4H2,1-2H3. The van der Waals surface area contributed by atoms with Crippen molar-refractivity contribution in [3.05, 3.63) is 29.6 Å². The molecule has 0 aromatic heterocycles. The Hall–Kier alpha value is -1.56. The van der Waals surface area contributed by atoms with Crippen LogP contribution in [0.2, 0.25) is 0 Å². The zero-order valence-corrected chi connectivity index (χ0v) is 9.05. The summed E-state index contributed by atoms with van der Waals surface area (Å²) in [5.74, 6) is -0.465. The van der Waals surface area contributed by atoms with Gasteiger partial charge in [0.1, 0.15) is 11.9 Å². The van der Waals surface area contributed by atoms with Crippen LogP contribution in [0.5, 0.6) is 0 Å². The van der Waals surface area contributed by atoms with E-state index in [-0.39, 0.29) is 5.56 Å². The highest BCUT2D eigenvalue weighted by atomic mass is 19.1. The summed E-state index contributed by atoms with van der Waals surface area (Å²) in [7, 11) is 0. The van der Waals surface area contributed by atoms with Crippen LogP contribution in [0.4, 0.5) is 10.1 Å². The van der Waals surface area contributed by atoms with Crippen LogP contribution in [0.3, 0.4) is 0 Å². The predicted molar refractivity (Wildman–Crippen MR) is 59.1 cm³/mol. The highest BCUT2D eigenvalue weighted by molar-refractivity contribution is 5.50. The summed E-state index contributed by atoms with van der Waals surface area (Å²) in [5.41, 5.74) is 0.896. The summed E-state index contributed by atoms with van der Waals surface area (Å²) in [6, 6.07) is 6.74. The molecule has 3 heteroatoms. The molecule has 1 N–H and O–H groups in total. The monoisotopic (exact) mass is 206 g/mol. The van der Waals surface area contributed by atoms with Gasteiger partial charge in [-0.15, -0.1) is 0 Å². The van der Waals surface area contributed by atoms with E-state index >= 15 is 0 Å². The molecule has 0 fully saturated rings. The SMILES string of the molecule is CCC(CC)Nc1ccc(F)c(C#N)c1. The normalized spacial score (nSPS) is 10.1. The highest BCUT2D eigenvalue weighted by Crippen LogP contribution is 2.16. The van der Waals surface area contributed by atoms with Crippen LogP contribution in [0, 0.1) is 17.1 Å². The van der Waals surface area contributed by atoms with Crippen LogP contribution in [0.1, 0.15) is 32.3 Å². The Morgan fingerprint density at radius 1 is 1.40 bits per heavy atom. The summed E-state index contributed by atoms with van der Waals surface area (Å²) < 4.78 is 13.0. The molecule has 1 aromatic carbocycles. The van der Waals surface area contributed by atoms with E-state index in [9.17, 15) is 4.39 Å². The van der Waals surface area contributed by atoms with E-state index in [2.05, 4.69) is 19.2 Å². The maximum atomic E-state index is 13.0. The van der Waals surface area contributed by atoms with Crippen LogP contribution < -0.4 is 5.32 Å². The molecule has 0 heterocycles. The zero-order chi connectivity index (χ0) is 11.3. The fourth-order valence-corrected chi connectivity index (χ4v) is 1.43. The lowest BCUT2D eigenvalue weighted by Gasteiger charge is -2.16. The zero-order valence-electron chi connectivity index (χ0n) is 9.05. The molecule has 0 atom stereocenters. The van der Waals surface area contributed by atoms with Gasteiger partial charge in [-0.25, -0.2) is 4.39 Å². The number of benzene rings is 1. The molecule has 0 spiro atoms. The summed E-state index contributed by atoms with van der Waals surface area (Å²) >= 11 is 0. The molecule has 0 unspecified atom stereocenters. The van der Waals surface area contributed by atoms with Crippen molar-refractivity contribution in [1.82, 2.24) is 0 Å². The number of nitrogens with zero attached hydrogens (tertiary/aromatic N) is 1. The van der Waals surface area contributed by atoms with Crippen molar-refractivity contribution in [1.29, 1.82) is 5.26 Å². The van der Waals surface area contributed by atoms with E-state index in [0.717, 1.165) is 18.5 Å². The Bertz CT molecular complexity index is 364. The second kappa shape index (κ2) is 5.35. The fraction of sp³-hybridized carbons (Fsp3) is 0.417. The molecule has 15 heavy (non-hydrogen) atoms. The van der Waals surface area contributed by atoms with Gasteiger partial charge in [-0.1, -0.05) is 13.8 Å². The maximum Gasteiger partial charge on any atom is 0.141 e. The molecular formula is C12H15FN2. The van der Waals surface area contributed by atoms with Gasteiger partial charge in [0, 0.05) is 11.7 Å². The molecule has 0 aliphatic rings. The minimum absolute atomic E-state index is 0.0888. The summed E-state index contributed by atoms with van der Waals surface area (Å²) in [5, 5.41) is 11.9. The van der Waals surface area contributed by atoms with Crippen molar-refractivity contribution >= 4 is 5.69 Å². The molecule has 0 saturated heterocycles. The largest absolute Gasteiger partial charge is 0.382 e. The van der Waals surface area contributed by atoms with Gasteiger partial charge in [0.2, 0.25) is 0 Å². The highest BCUT2D eigenvalue weighted by Gasteiger charge is 2.06.